The molecule has 0 atom stereocenters. The van der Waals surface area contributed by atoms with E-state index in [1.807, 2.05) is 30.3 Å². The summed E-state index contributed by atoms with van der Waals surface area (Å²) in [4.78, 5) is 21.1. The molecule has 6 heteroatoms. The second-order valence-corrected chi connectivity index (χ2v) is 4.28. The number of carbonyl (C=O) groups is 1. The first-order chi connectivity index (χ1) is 10.2. The molecule has 2 aromatic carbocycles. The second kappa shape index (κ2) is 6.95. The van der Waals surface area contributed by atoms with Crippen molar-refractivity contribution in [1.29, 1.82) is 0 Å². The Bertz CT molecular complexity index is 639. The predicted octanol–water partition coefficient (Wildman–Crippen LogP) is 2.59. The maximum atomic E-state index is 11.0. The smallest absolute Gasteiger partial charge is 0.269 e. The Hall–Kier alpha value is -3.02. The van der Waals surface area contributed by atoms with Crippen LogP contribution in [0.3, 0.4) is 0 Å². The van der Waals surface area contributed by atoms with E-state index in [2.05, 4.69) is 5.10 Å². The van der Waals surface area contributed by atoms with Crippen molar-refractivity contribution >= 4 is 18.3 Å². The standard InChI is InChI=1S/C15H13N3O3/c19-12-17(11-14-4-2-1-3-5-14)16-10-13-6-8-15(9-7-13)18(20)21/h1-10,12H,11H2/b16-10-. The number of non-ortho nitro benzene ring substituents is 1. The highest BCUT2D eigenvalue weighted by Crippen LogP contribution is 2.11. The Labute approximate surface area is 121 Å². The van der Waals surface area contributed by atoms with Crippen molar-refractivity contribution in [2.24, 2.45) is 5.10 Å². The van der Waals surface area contributed by atoms with Gasteiger partial charge in [0.25, 0.3) is 5.69 Å². The summed E-state index contributed by atoms with van der Waals surface area (Å²) in [5, 5.41) is 15.9. The highest BCUT2D eigenvalue weighted by atomic mass is 16.6. The number of nitro groups is 1. The molecule has 6 nitrogen and oxygen atoms in total. The van der Waals surface area contributed by atoms with Crippen LogP contribution in [0.4, 0.5) is 5.69 Å². The number of nitro benzene ring substituents is 1. The van der Waals surface area contributed by atoms with E-state index in [1.165, 1.54) is 23.4 Å². The van der Waals surface area contributed by atoms with Crippen LogP contribution < -0.4 is 0 Å². The first kappa shape index (κ1) is 14.4. The van der Waals surface area contributed by atoms with Crippen LogP contribution in [0.2, 0.25) is 0 Å². The molecule has 106 valence electrons. The Morgan fingerprint density at radius 1 is 1.10 bits per heavy atom. The summed E-state index contributed by atoms with van der Waals surface area (Å²) in [5.41, 5.74) is 1.66. The molecule has 0 saturated carbocycles. The molecule has 0 N–H and O–H groups in total. The number of amides is 1. The fraction of sp³-hybridized carbons (Fsp3) is 0.0667. The molecule has 0 heterocycles. The van der Waals surface area contributed by atoms with Crippen molar-refractivity contribution in [3.8, 4) is 0 Å². The maximum Gasteiger partial charge on any atom is 0.269 e. The molecule has 0 radical (unpaired) electrons. The molecule has 0 saturated heterocycles. The van der Waals surface area contributed by atoms with Crippen LogP contribution >= 0.6 is 0 Å². The van der Waals surface area contributed by atoms with Gasteiger partial charge in [-0.25, -0.2) is 5.01 Å². The summed E-state index contributed by atoms with van der Waals surface area (Å²) in [6, 6.07) is 15.4. The average Bonchev–Trinajstić information content (AvgIpc) is 2.52. The van der Waals surface area contributed by atoms with Gasteiger partial charge in [0, 0.05) is 12.1 Å². The number of benzene rings is 2. The summed E-state index contributed by atoms with van der Waals surface area (Å²) in [6.07, 6.45) is 2.12. The minimum atomic E-state index is -0.464. The first-order valence-corrected chi connectivity index (χ1v) is 6.23. The fourth-order valence-corrected chi connectivity index (χ4v) is 1.70. The molecule has 0 aliphatic carbocycles. The van der Waals surface area contributed by atoms with Crippen molar-refractivity contribution in [2.45, 2.75) is 6.54 Å². The van der Waals surface area contributed by atoms with Crippen LogP contribution in [0.15, 0.2) is 59.7 Å². The minimum Gasteiger partial charge on any atom is -0.277 e. The lowest BCUT2D eigenvalue weighted by molar-refractivity contribution is -0.384. The average molecular weight is 283 g/mol. The highest BCUT2D eigenvalue weighted by molar-refractivity contribution is 5.80. The van der Waals surface area contributed by atoms with Crippen LogP contribution in [0.25, 0.3) is 0 Å². The largest absolute Gasteiger partial charge is 0.277 e. The molecule has 0 spiro atoms. The minimum absolute atomic E-state index is 0.0173. The third kappa shape index (κ3) is 4.24. The molecule has 2 rings (SSSR count). The van der Waals surface area contributed by atoms with Gasteiger partial charge in [0.1, 0.15) is 0 Å². The van der Waals surface area contributed by atoms with Gasteiger partial charge >= 0.3 is 0 Å². The second-order valence-electron chi connectivity index (χ2n) is 4.28. The Balaban J connectivity index is 2.03. The van der Waals surface area contributed by atoms with E-state index >= 15 is 0 Å². The molecule has 0 aromatic heterocycles. The molecule has 0 aliphatic heterocycles. The van der Waals surface area contributed by atoms with Crippen LogP contribution in [0.1, 0.15) is 11.1 Å². The zero-order valence-corrected chi connectivity index (χ0v) is 11.1. The summed E-state index contributed by atoms with van der Waals surface area (Å²) in [6.45, 7) is 0.369. The zero-order valence-electron chi connectivity index (χ0n) is 11.1. The van der Waals surface area contributed by atoms with Gasteiger partial charge in [-0.05, 0) is 23.3 Å². The lowest BCUT2D eigenvalue weighted by atomic mass is 10.2. The van der Waals surface area contributed by atoms with Gasteiger partial charge in [0.15, 0.2) is 0 Å². The fourth-order valence-electron chi connectivity index (χ4n) is 1.70. The van der Waals surface area contributed by atoms with Gasteiger partial charge in [-0.1, -0.05) is 30.3 Å². The molecule has 1 amide bonds. The Morgan fingerprint density at radius 2 is 1.76 bits per heavy atom. The molecule has 21 heavy (non-hydrogen) atoms. The van der Waals surface area contributed by atoms with Crippen molar-refractivity contribution in [1.82, 2.24) is 5.01 Å². The quantitative estimate of drug-likeness (QED) is 0.354. The third-order valence-corrected chi connectivity index (χ3v) is 2.77. The maximum absolute atomic E-state index is 11.0. The normalized spacial score (nSPS) is 10.5. The molecule has 0 unspecified atom stereocenters. The van der Waals surface area contributed by atoms with Crippen molar-refractivity contribution < 1.29 is 9.72 Å². The van der Waals surface area contributed by atoms with E-state index in [4.69, 9.17) is 0 Å². The third-order valence-electron chi connectivity index (χ3n) is 2.77. The van der Waals surface area contributed by atoms with E-state index < -0.39 is 4.92 Å². The van der Waals surface area contributed by atoms with Gasteiger partial charge in [0.2, 0.25) is 6.41 Å². The number of carbonyl (C=O) groups excluding carboxylic acids is 1. The Kier molecular flexibility index (Phi) is 4.76. The van der Waals surface area contributed by atoms with Gasteiger partial charge in [-0.2, -0.15) is 5.10 Å². The molecule has 0 fully saturated rings. The summed E-state index contributed by atoms with van der Waals surface area (Å²) >= 11 is 0. The van der Waals surface area contributed by atoms with Crippen molar-refractivity contribution in [2.75, 3.05) is 0 Å². The van der Waals surface area contributed by atoms with Gasteiger partial charge in [-0.3, -0.25) is 14.9 Å². The lowest BCUT2D eigenvalue weighted by Gasteiger charge is -2.10. The molecule has 0 bridgehead atoms. The summed E-state index contributed by atoms with van der Waals surface area (Å²) in [5.74, 6) is 0. The number of hydrazone groups is 1. The monoisotopic (exact) mass is 283 g/mol. The van der Waals surface area contributed by atoms with Crippen LogP contribution in [-0.4, -0.2) is 22.6 Å². The topological polar surface area (TPSA) is 75.8 Å². The molecular formula is C15H13N3O3. The van der Waals surface area contributed by atoms with Crippen molar-refractivity contribution in [3.63, 3.8) is 0 Å². The van der Waals surface area contributed by atoms with Crippen molar-refractivity contribution in [3.05, 3.63) is 75.8 Å². The van der Waals surface area contributed by atoms with Crippen LogP contribution in [0, 0.1) is 10.1 Å². The van der Waals surface area contributed by atoms with E-state index in [9.17, 15) is 14.9 Å². The van der Waals surface area contributed by atoms with Crippen LogP contribution in [0.5, 0.6) is 0 Å². The Morgan fingerprint density at radius 3 is 2.33 bits per heavy atom. The highest BCUT2D eigenvalue weighted by Gasteiger charge is 2.03. The number of hydrogen-bond donors (Lipinski definition) is 0. The molecular weight excluding hydrogens is 270 g/mol. The molecule has 2 aromatic rings. The van der Waals surface area contributed by atoms with Gasteiger partial charge in [-0.15, -0.1) is 0 Å². The summed E-state index contributed by atoms with van der Waals surface area (Å²) < 4.78 is 0. The number of rotatable bonds is 6. The predicted molar refractivity (Wildman–Crippen MR) is 78.7 cm³/mol. The number of nitrogens with zero attached hydrogens (tertiary/aromatic N) is 3. The zero-order chi connectivity index (χ0) is 15.1. The van der Waals surface area contributed by atoms with E-state index in [0.29, 0.717) is 18.5 Å². The number of hydrogen-bond acceptors (Lipinski definition) is 4. The van der Waals surface area contributed by atoms with Crippen LogP contribution in [-0.2, 0) is 11.3 Å². The van der Waals surface area contributed by atoms with E-state index in [0.717, 1.165) is 5.56 Å². The van der Waals surface area contributed by atoms with E-state index in [-0.39, 0.29) is 5.69 Å². The van der Waals surface area contributed by atoms with E-state index in [1.54, 1.807) is 12.1 Å². The SMILES string of the molecule is O=CN(Cc1ccccc1)/N=C\c1ccc([N+](=O)[O-])cc1. The lowest BCUT2D eigenvalue weighted by Crippen LogP contribution is -2.14. The summed E-state index contributed by atoms with van der Waals surface area (Å²) in [7, 11) is 0. The first-order valence-electron chi connectivity index (χ1n) is 6.23. The van der Waals surface area contributed by atoms with Gasteiger partial charge < -0.3 is 0 Å². The molecule has 0 aliphatic rings. The van der Waals surface area contributed by atoms with Gasteiger partial charge in [0.05, 0.1) is 17.7 Å².